The molecule has 4 nitrogen and oxygen atoms in total. The van der Waals surface area contributed by atoms with Gasteiger partial charge in [-0.2, -0.15) is 0 Å². The lowest BCUT2D eigenvalue weighted by Crippen LogP contribution is -2.21. The highest BCUT2D eigenvalue weighted by molar-refractivity contribution is 5.93. The van der Waals surface area contributed by atoms with Gasteiger partial charge in [-0.1, -0.05) is 54.6 Å². The Kier molecular flexibility index (Phi) is 6.65. The van der Waals surface area contributed by atoms with Crippen molar-refractivity contribution >= 4 is 12.0 Å². The van der Waals surface area contributed by atoms with Crippen molar-refractivity contribution < 1.29 is 14.3 Å². The van der Waals surface area contributed by atoms with Crippen LogP contribution in [0.1, 0.15) is 30.4 Å². The molecule has 0 aliphatic carbocycles. The van der Waals surface area contributed by atoms with Crippen LogP contribution in [0.2, 0.25) is 0 Å². The third-order valence-corrected chi connectivity index (χ3v) is 3.84. The molecule has 3 rings (SSSR count). The normalized spacial score (nSPS) is 18.2. The van der Waals surface area contributed by atoms with Crippen LogP contribution in [0, 0.1) is 0 Å². The van der Waals surface area contributed by atoms with Gasteiger partial charge in [0, 0.05) is 12.0 Å². The molecule has 1 saturated heterocycles. The first kappa shape index (κ1) is 17.2. The second-order valence-corrected chi connectivity index (χ2v) is 5.79. The maximum atomic E-state index is 5.82. The first-order valence-electron chi connectivity index (χ1n) is 8.67. The van der Waals surface area contributed by atoms with E-state index in [4.69, 9.17) is 14.3 Å². The molecule has 0 N–H and O–H groups in total. The van der Waals surface area contributed by atoms with E-state index in [1.54, 1.807) is 0 Å². The molecular formula is C21H23NO3. The van der Waals surface area contributed by atoms with Gasteiger partial charge in [0.25, 0.3) is 5.90 Å². The van der Waals surface area contributed by atoms with E-state index >= 15 is 0 Å². The Hall–Kier alpha value is -2.59. The highest BCUT2D eigenvalue weighted by Gasteiger charge is 2.15. The average molecular weight is 337 g/mol. The van der Waals surface area contributed by atoms with Crippen LogP contribution in [-0.4, -0.2) is 25.4 Å². The van der Waals surface area contributed by atoms with Crippen molar-refractivity contribution in [2.24, 2.45) is 5.16 Å². The van der Waals surface area contributed by atoms with Crippen molar-refractivity contribution in [2.45, 2.75) is 25.6 Å². The minimum atomic E-state index is -0.282. The van der Waals surface area contributed by atoms with Crippen molar-refractivity contribution in [3.8, 4) is 0 Å². The molecule has 2 aromatic rings. The zero-order chi connectivity index (χ0) is 17.2. The predicted octanol–water partition coefficient (Wildman–Crippen LogP) is 4.62. The Morgan fingerprint density at radius 3 is 2.52 bits per heavy atom. The summed E-state index contributed by atoms with van der Waals surface area (Å²) in [6.45, 7) is 1.14. The van der Waals surface area contributed by atoms with Crippen LogP contribution in [0.15, 0.2) is 71.9 Å². The lowest BCUT2D eigenvalue weighted by molar-refractivity contribution is -0.163. The van der Waals surface area contributed by atoms with E-state index in [9.17, 15) is 0 Å². The summed E-state index contributed by atoms with van der Waals surface area (Å²) < 4.78 is 11.4. The highest BCUT2D eigenvalue weighted by atomic mass is 16.8. The molecular weight excluding hydrogens is 314 g/mol. The molecule has 1 heterocycles. The smallest absolute Gasteiger partial charge is 0.258 e. The predicted molar refractivity (Wildman–Crippen MR) is 99.1 cm³/mol. The van der Waals surface area contributed by atoms with E-state index in [0.717, 1.165) is 37.0 Å². The second kappa shape index (κ2) is 9.64. The molecule has 2 aromatic carbocycles. The Balaban J connectivity index is 1.61. The maximum absolute atomic E-state index is 5.82. The van der Waals surface area contributed by atoms with Crippen molar-refractivity contribution in [2.75, 3.05) is 13.2 Å². The van der Waals surface area contributed by atoms with Gasteiger partial charge in [-0.15, -0.1) is 0 Å². The molecule has 1 fully saturated rings. The van der Waals surface area contributed by atoms with E-state index in [-0.39, 0.29) is 6.29 Å². The van der Waals surface area contributed by atoms with Crippen molar-refractivity contribution in [3.05, 3.63) is 77.9 Å². The van der Waals surface area contributed by atoms with Gasteiger partial charge in [-0.05, 0) is 41.8 Å². The minimum absolute atomic E-state index is 0.282. The Labute approximate surface area is 148 Å². The lowest BCUT2D eigenvalue weighted by Gasteiger charge is -2.20. The van der Waals surface area contributed by atoms with E-state index in [1.807, 2.05) is 72.8 Å². The Bertz CT molecular complexity index is 677. The molecule has 1 aliphatic rings. The van der Waals surface area contributed by atoms with Crippen molar-refractivity contribution in [1.82, 2.24) is 0 Å². The zero-order valence-electron chi connectivity index (χ0n) is 14.2. The van der Waals surface area contributed by atoms with E-state index < -0.39 is 0 Å². The molecule has 1 atom stereocenters. The lowest BCUT2D eigenvalue weighted by atomic mass is 10.2. The monoisotopic (exact) mass is 337 g/mol. The van der Waals surface area contributed by atoms with Crippen LogP contribution in [0.25, 0.3) is 6.08 Å². The van der Waals surface area contributed by atoms with Gasteiger partial charge < -0.3 is 14.3 Å². The number of hydrogen-bond acceptors (Lipinski definition) is 4. The maximum Gasteiger partial charge on any atom is 0.258 e. The SMILES string of the molecule is C(=C\c1ccccc1)/CO/C(=N/OC1CCCCO1)c1ccccc1. The fraction of sp³-hybridized carbons (Fsp3) is 0.286. The van der Waals surface area contributed by atoms with Crippen LogP contribution in [0.5, 0.6) is 0 Å². The molecule has 0 saturated carbocycles. The first-order valence-corrected chi connectivity index (χ1v) is 8.67. The first-order chi connectivity index (χ1) is 12.4. The Morgan fingerprint density at radius 1 is 1.04 bits per heavy atom. The topological polar surface area (TPSA) is 40.0 Å². The number of rotatable bonds is 6. The molecule has 130 valence electrons. The summed E-state index contributed by atoms with van der Waals surface area (Å²) in [7, 11) is 0. The zero-order valence-corrected chi connectivity index (χ0v) is 14.2. The standard InChI is InChI=1S/C21H23NO3/c1-3-10-18(11-4-1)12-9-17-24-21(19-13-5-2-6-14-19)22-25-20-15-7-8-16-23-20/h1-6,9-14,20H,7-8,15-17H2/b12-9+,22-21+. The quantitative estimate of drug-likeness (QED) is 0.439. The molecule has 1 aliphatic heterocycles. The fourth-order valence-electron chi connectivity index (χ4n) is 2.52. The van der Waals surface area contributed by atoms with Crippen LogP contribution in [0.3, 0.4) is 0 Å². The number of benzene rings is 2. The summed E-state index contributed by atoms with van der Waals surface area (Å²) in [6, 6.07) is 19.9. The van der Waals surface area contributed by atoms with Gasteiger partial charge in [-0.25, -0.2) is 0 Å². The molecule has 4 heteroatoms. The molecule has 0 bridgehead atoms. The molecule has 1 unspecified atom stereocenters. The molecule has 25 heavy (non-hydrogen) atoms. The summed E-state index contributed by atoms with van der Waals surface area (Å²) in [6.07, 6.45) is 6.74. The van der Waals surface area contributed by atoms with Gasteiger partial charge in [0.05, 0.1) is 6.61 Å². The second-order valence-electron chi connectivity index (χ2n) is 5.79. The molecule has 0 aromatic heterocycles. The van der Waals surface area contributed by atoms with Crippen molar-refractivity contribution in [1.29, 1.82) is 0 Å². The summed E-state index contributed by atoms with van der Waals surface area (Å²) in [5, 5.41) is 4.20. The molecule has 0 amide bonds. The van der Waals surface area contributed by atoms with Crippen molar-refractivity contribution in [3.63, 3.8) is 0 Å². The van der Waals surface area contributed by atoms with E-state index in [1.165, 1.54) is 0 Å². The van der Waals surface area contributed by atoms with Crippen LogP contribution in [0.4, 0.5) is 0 Å². The summed E-state index contributed by atoms with van der Waals surface area (Å²) >= 11 is 0. The van der Waals surface area contributed by atoms with Gasteiger partial charge in [0.15, 0.2) is 0 Å². The fourth-order valence-corrected chi connectivity index (χ4v) is 2.52. The van der Waals surface area contributed by atoms with Gasteiger partial charge in [-0.3, -0.25) is 0 Å². The summed E-state index contributed by atoms with van der Waals surface area (Å²) in [5.74, 6) is 0.465. The number of hydrogen-bond donors (Lipinski definition) is 0. The third kappa shape index (κ3) is 5.76. The highest BCUT2D eigenvalue weighted by Crippen LogP contribution is 2.15. The van der Waals surface area contributed by atoms with Crippen LogP contribution < -0.4 is 0 Å². The minimum Gasteiger partial charge on any atom is -0.471 e. The van der Waals surface area contributed by atoms with Gasteiger partial charge in [0.2, 0.25) is 6.29 Å². The van der Waals surface area contributed by atoms with Crippen LogP contribution in [-0.2, 0) is 14.3 Å². The van der Waals surface area contributed by atoms with E-state index in [0.29, 0.717) is 12.5 Å². The molecule has 0 radical (unpaired) electrons. The number of oxime groups is 1. The van der Waals surface area contributed by atoms with E-state index in [2.05, 4.69) is 5.16 Å². The Morgan fingerprint density at radius 2 is 1.80 bits per heavy atom. The van der Waals surface area contributed by atoms with Crippen LogP contribution >= 0.6 is 0 Å². The number of nitrogens with zero attached hydrogens (tertiary/aromatic N) is 1. The number of ether oxygens (including phenoxy) is 2. The third-order valence-electron chi connectivity index (χ3n) is 3.84. The van der Waals surface area contributed by atoms with Gasteiger partial charge in [0.1, 0.15) is 6.61 Å². The summed E-state index contributed by atoms with van der Waals surface area (Å²) in [4.78, 5) is 5.53. The molecule has 0 spiro atoms. The largest absolute Gasteiger partial charge is 0.471 e. The van der Waals surface area contributed by atoms with Gasteiger partial charge >= 0.3 is 0 Å². The summed E-state index contributed by atoms with van der Waals surface area (Å²) in [5.41, 5.74) is 2.02. The average Bonchev–Trinajstić information content (AvgIpc) is 2.70.